The number of carboxylic acids is 1. The number of aliphatic carboxylic acids is 1. The molecule has 0 saturated heterocycles. The van der Waals surface area contributed by atoms with E-state index in [1.54, 1.807) is 0 Å². The molecule has 4 nitrogen and oxygen atoms in total. The number of fused-ring (bicyclic) bond motifs is 1. The van der Waals surface area contributed by atoms with Crippen LogP contribution in [0.2, 0.25) is 0 Å². The van der Waals surface area contributed by atoms with E-state index < -0.39 is 5.97 Å². The zero-order chi connectivity index (χ0) is 14.4. The number of carboxylic acid groups (broad SMARTS) is 1. The van der Waals surface area contributed by atoms with Crippen molar-refractivity contribution in [1.82, 2.24) is 9.55 Å². The number of nitrogens with zero attached hydrogens (tertiary/aromatic N) is 2. The smallest absolute Gasteiger partial charge is 0.323 e. The molecule has 1 aromatic carbocycles. The Morgan fingerprint density at radius 1 is 1.40 bits per heavy atom. The Kier molecular flexibility index (Phi) is 3.04. The van der Waals surface area contributed by atoms with Crippen LogP contribution in [0.3, 0.4) is 0 Å². The van der Waals surface area contributed by atoms with E-state index in [1.807, 2.05) is 4.57 Å². The Labute approximate surface area is 118 Å². The highest BCUT2D eigenvalue weighted by molar-refractivity contribution is 5.80. The Morgan fingerprint density at radius 2 is 2.05 bits per heavy atom. The van der Waals surface area contributed by atoms with Crippen molar-refractivity contribution < 1.29 is 9.90 Å². The third kappa shape index (κ3) is 2.19. The molecule has 2 aromatic rings. The molecule has 0 spiro atoms. The highest BCUT2D eigenvalue weighted by atomic mass is 16.4. The van der Waals surface area contributed by atoms with Crippen molar-refractivity contribution in [3.8, 4) is 0 Å². The SMILES string of the molecule is Cc1cc2nc(C(C)C3CC3)n(CC(=O)O)c2cc1C. The molecule has 4 heteroatoms. The summed E-state index contributed by atoms with van der Waals surface area (Å²) >= 11 is 0. The van der Waals surface area contributed by atoms with Crippen LogP contribution in [0, 0.1) is 19.8 Å². The first-order valence-corrected chi connectivity index (χ1v) is 7.16. The van der Waals surface area contributed by atoms with E-state index in [2.05, 4.69) is 32.9 Å². The van der Waals surface area contributed by atoms with Gasteiger partial charge in [0.2, 0.25) is 0 Å². The van der Waals surface area contributed by atoms with Crippen LogP contribution in [0.25, 0.3) is 11.0 Å². The van der Waals surface area contributed by atoms with Gasteiger partial charge in [0.25, 0.3) is 0 Å². The summed E-state index contributed by atoms with van der Waals surface area (Å²) in [7, 11) is 0. The Hall–Kier alpha value is -1.84. The van der Waals surface area contributed by atoms with Crippen molar-refractivity contribution >= 4 is 17.0 Å². The molecule has 0 amide bonds. The van der Waals surface area contributed by atoms with Gasteiger partial charge in [0.1, 0.15) is 12.4 Å². The van der Waals surface area contributed by atoms with Crippen LogP contribution in [-0.4, -0.2) is 20.6 Å². The van der Waals surface area contributed by atoms with Crippen molar-refractivity contribution in [2.24, 2.45) is 5.92 Å². The van der Waals surface area contributed by atoms with E-state index in [4.69, 9.17) is 4.98 Å². The minimum absolute atomic E-state index is 0.00854. The van der Waals surface area contributed by atoms with Crippen molar-refractivity contribution in [2.75, 3.05) is 0 Å². The number of rotatable bonds is 4. The molecule has 3 rings (SSSR count). The minimum Gasteiger partial charge on any atom is -0.480 e. The van der Waals surface area contributed by atoms with Crippen LogP contribution in [0.4, 0.5) is 0 Å². The summed E-state index contributed by atoms with van der Waals surface area (Å²) in [5, 5.41) is 9.18. The van der Waals surface area contributed by atoms with Crippen molar-refractivity contribution in [3.63, 3.8) is 0 Å². The van der Waals surface area contributed by atoms with Gasteiger partial charge in [0, 0.05) is 5.92 Å². The fourth-order valence-electron chi connectivity index (χ4n) is 2.85. The molecular formula is C16H20N2O2. The molecule has 1 aliphatic carbocycles. The quantitative estimate of drug-likeness (QED) is 0.929. The molecule has 1 aromatic heterocycles. The van der Waals surface area contributed by atoms with Gasteiger partial charge in [-0.25, -0.2) is 4.98 Å². The molecule has 1 fully saturated rings. The minimum atomic E-state index is -0.813. The number of hydrogen-bond donors (Lipinski definition) is 1. The number of aryl methyl sites for hydroxylation is 2. The lowest BCUT2D eigenvalue weighted by Gasteiger charge is -2.12. The predicted octanol–water partition coefficient (Wildman–Crippen LogP) is 3.25. The van der Waals surface area contributed by atoms with Gasteiger partial charge in [0.05, 0.1) is 11.0 Å². The molecule has 1 aliphatic rings. The molecule has 1 heterocycles. The first kappa shape index (κ1) is 13.2. The molecule has 20 heavy (non-hydrogen) atoms. The lowest BCUT2D eigenvalue weighted by Crippen LogP contribution is -2.14. The second-order valence-corrected chi connectivity index (χ2v) is 6.00. The van der Waals surface area contributed by atoms with Crippen LogP contribution >= 0.6 is 0 Å². The van der Waals surface area contributed by atoms with Gasteiger partial charge in [-0.2, -0.15) is 0 Å². The fraction of sp³-hybridized carbons (Fsp3) is 0.500. The van der Waals surface area contributed by atoms with E-state index in [9.17, 15) is 9.90 Å². The summed E-state index contributed by atoms with van der Waals surface area (Å²) in [5.74, 6) is 1.12. The largest absolute Gasteiger partial charge is 0.480 e. The van der Waals surface area contributed by atoms with Crippen molar-refractivity contribution in [3.05, 3.63) is 29.1 Å². The van der Waals surface area contributed by atoms with Crippen LogP contribution in [0.5, 0.6) is 0 Å². The van der Waals surface area contributed by atoms with Crippen LogP contribution < -0.4 is 0 Å². The third-order valence-corrected chi connectivity index (χ3v) is 4.42. The monoisotopic (exact) mass is 272 g/mol. The van der Waals surface area contributed by atoms with Gasteiger partial charge in [-0.15, -0.1) is 0 Å². The Balaban J connectivity index is 2.18. The average Bonchev–Trinajstić information content (AvgIpc) is 3.16. The summed E-state index contributed by atoms with van der Waals surface area (Å²) in [4.78, 5) is 15.9. The van der Waals surface area contributed by atoms with Gasteiger partial charge in [-0.1, -0.05) is 6.92 Å². The van der Waals surface area contributed by atoms with Crippen molar-refractivity contribution in [1.29, 1.82) is 0 Å². The fourth-order valence-corrected chi connectivity index (χ4v) is 2.85. The second-order valence-electron chi connectivity index (χ2n) is 6.00. The molecule has 0 aliphatic heterocycles. The van der Waals surface area contributed by atoms with Gasteiger partial charge in [-0.3, -0.25) is 4.79 Å². The van der Waals surface area contributed by atoms with Gasteiger partial charge < -0.3 is 9.67 Å². The number of carbonyl (C=O) groups is 1. The average molecular weight is 272 g/mol. The van der Waals surface area contributed by atoms with Crippen LogP contribution in [0.1, 0.15) is 42.6 Å². The van der Waals surface area contributed by atoms with Gasteiger partial charge in [0.15, 0.2) is 0 Å². The van der Waals surface area contributed by atoms with E-state index in [1.165, 1.54) is 24.0 Å². The van der Waals surface area contributed by atoms with E-state index >= 15 is 0 Å². The maximum Gasteiger partial charge on any atom is 0.323 e. The molecule has 1 atom stereocenters. The maximum absolute atomic E-state index is 11.2. The van der Waals surface area contributed by atoms with Crippen LogP contribution in [-0.2, 0) is 11.3 Å². The second kappa shape index (κ2) is 4.62. The molecule has 1 unspecified atom stereocenters. The summed E-state index contributed by atoms with van der Waals surface area (Å²) in [6.07, 6.45) is 2.46. The van der Waals surface area contributed by atoms with Gasteiger partial charge >= 0.3 is 5.97 Å². The molecular weight excluding hydrogens is 252 g/mol. The highest BCUT2D eigenvalue weighted by Gasteiger charge is 2.32. The first-order chi connectivity index (χ1) is 9.47. The zero-order valence-corrected chi connectivity index (χ0v) is 12.2. The maximum atomic E-state index is 11.2. The molecule has 0 radical (unpaired) electrons. The van der Waals surface area contributed by atoms with Crippen molar-refractivity contribution in [2.45, 2.75) is 46.1 Å². The lowest BCUT2D eigenvalue weighted by molar-refractivity contribution is -0.137. The Morgan fingerprint density at radius 3 is 2.65 bits per heavy atom. The topological polar surface area (TPSA) is 55.1 Å². The van der Waals surface area contributed by atoms with Crippen LogP contribution in [0.15, 0.2) is 12.1 Å². The zero-order valence-electron chi connectivity index (χ0n) is 12.2. The standard InChI is InChI=1S/C16H20N2O2/c1-9-6-13-14(7-10(9)2)18(8-15(19)20)16(17-13)11(3)12-4-5-12/h6-7,11-12H,4-5,8H2,1-3H3,(H,19,20). The molecule has 1 saturated carbocycles. The third-order valence-electron chi connectivity index (χ3n) is 4.42. The highest BCUT2D eigenvalue weighted by Crippen LogP contribution is 2.42. The summed E-state index contributed by atoms with van der Waals surface area (Å²) in [6, 6.07) is 4.12. The molecule has 1 N–H and O–H groups in total. The number of imidazole rings is 1. The number of hydrogen-bond acceptors (Lipinski definition) is 2. The number of benzene rings is 1. The Bertz CT molecular complexity index is 683. The normalized spacial score (nSPS) is 16.6. The lowest BCUT2D eigenvalue weighted by atomic mass is 10.1. The van der Waals surface area contributed by atoms with E-state index in [0.29, 0.717) is 11.8 Å². The summed E-state index contributed by atoms with van der Waals surface area (Å²) in [6.45, 7) is 6.27. The summed E-state index contributed by atoms with van der Waals surface area (Å²) in [5.41, 5.74) is 4.23. The molecule has 0 bridgehead atoms. The van der Waals surface area contributed by atoms with E-state index in [-0.39, 0.29) is 6.54 Å². The van der Waals surface area contributed by atoms with E-state index in [0.717, 1.165) is 16.9 Å². The predicted molar refractivity (Wildman–Crippen MR) is 78.0 cm³/mol. The molecule has 106 valence electrons. The van der Waals surface area contributed by atoms with Gasteiger partial charge in [-0.05, 0) is 55.9 Å². The summed E-state index contributed by atoms with van der Waals surface area (Å²) < 4.78 is 1.88. The first-order valence-electron chi connectivity index (χ1n) is 7.16. The number of aromatic nitrogens is 2.